The molecule has 6 aromatic carbocycles. The molecule has 0 aliphatic carbocycles. The van der Waals surface area contributed by atoms with E-state index in [2.05, 4.69) is 16.0 Å². The number of hydrogen-bond acceptors (Lipinski definition) is 8. The van der Waals surface area contributed by atoms with E-state index in [9.17, 15) is 50.2 Å². The smallest absolute Gasteiger partial charge is 0.304 e. The average molecular weight is 768 g/mol. The van der Waals surface area contributed by atoms with Crippen molar-refractivity contribution < 1.29 is 50.2 Å². The van der Waals surface area contributed by atoms with Gasteiger partial charge in [0.05, 0.1) is 22.1 Å². The van der Waals surface area contributed by atoms with Crippen LogP contribution >= 0.6 is 0 Å². The van der Waals surface area contributed by atoms with Crippen molar-refractivity contribution in [2.75, 3.05) is 16.0 Å². The molecule has 0 saturated carbocycles. The number of anilines is 3. The number of rotatable bonds is 11. The van der Waals surface area contributed by atoms with Gasteiger partial charge in [0.2, 0.25) is 5.91 Å². The van der Waals surface area contributed by atoms with Crippen LogP contribution in [0.5, 0.6) is 0 Å². The van der Waals surface area contributed by atoms with Gasteiger partial charge in [-0.05, 0) is 70.9 Å². The molecular formula is C38H29N3O11S2. The van der Waals surface area contributed by atoms with E-state index >= 15 is 0 Å². The number of nitrogens with one attached hydrogen (secondary N) is 3. The first-order valence-electron chi connectivity index (χ1n) is 15.9. The van der Waals surface area contributed by atoms with E-state index in [0.717, 1.165) is 0 Å². The zero-order valence-corrected chi connectivity index (χ0v) is 29.4. The van der Waals surface area contributed by atoms with Crippen molar-refractivity contribution in [1.82, 2.24) is 0 Å². The topological polar surface area (TPSA) is 233 Å². The van der Waals surface area contributed by atoms with E-state index in [4.69, 9.17) is 0 Å². The van der Waals surface area contributed by atoms with Gasteiger partial charge in [0.15, 0.2) is 0 Å². The van der Waals surface area contributed by atoms with Gasteiger partial charge in [-0.2, -0.15) is 16.8 Å². The highest BCUT2D eigenvalue weighted by Gasteiger charge is 2.25. The molecule has 0 aliphatic heterocycles. The molecule has 0 radical (unpaired) electrons. The van der Waals surface area contributed by atoms with Crippen molar-refractivity contribution in [3.8, 4) is 0 Å². The SMILES string of the molecule is O=C(O)CC(C(=O)Nc1cc(C(=O)Nc2cccc3cc(S(=O)(=O)O)ccc23)cc(C(=O)Nc2cccc3cc(S(=O)(=O)O)ccc23)c1)c1ccccc1. The highest BCUT2D eigenvalue weighted by molar-refractivity contribution is 7.86. The van der Waals surface area contributed by atoms with Crippen LogP contribution in [0.2, 0.25) is 0 Å². The zero-order chi connectivity index (χ0) is 38.8. The summed E-state index contributed by atoms with van der Waals surface area (Å²) in [5, 5.41) is 19.3. The lowest BCUT2D eigenvalue weighted by Gasteiger charge is -2.17. The Balaban J connectivity index is 1.37. The normalized spacial score (nSPS) is 12.2. The van der Waals surface area contributed by atoms with Crippen molar-refractivity contribution in [3.05, 3.63) is 138 Å². The molecule has 274 valence electrons. The molecule has 0 aliphatic rings. The minimum atomic E-state index is -4.50. The maximum absolute atomic E-state index is 13.8. The molecule has 6 aromatic rings. The van der Waals surface area contributed by atoms with Gasteiger partial charge in [-0.1, -0.05) is 66.7 Å². The standard InChI is InChI=1S/C38H29N3O11S2/c42-35(43)21-32(22-6-2-1-3-7-22)38(46)39-27-17-25(36(44)40-33-10-4-8-23-19-28(53(47,48)49)12-14-30(23)33)16-26(18-27)37(45)41-34-11-5-9-24-20-29(54(50,51)52)13-15-31(24)34/h1-20,32H,21H2,(H,39,46)(H,40,44)(H,41,45)(H,42,43)(H,47,48,49)(H,50,51,52). The third kappa shape index (κ3) is 8.43. The van der Waals surface area contributed by atoms with E-state index < -0.39 is 56.3 Å². The fourth-order valence-corrected chi connectivity index (χ4v) is 6.90. The van der Waals surface area contributed by atoms with Gasteiger partial charge in [0.1, 0.15) is 0 Å². The third-order valence-corrected chi connectivity index (χ3v) is 10.1. The number of carbonyl (C=O) groups excluding carboxylic acids is 3. The zero-order valence-electron chi connectivity index (χ0n) is 27.8. The molecule has 0 fully saturated rings. The maximum Gasteiger partial charge on any atom is 0.304 e. The summed E-state index contributed by atoms with van der Waals surface area (Å²) in [5.41, 5.74) is 0.710. The summed E-state index contributed by atoms with van der Waals surface area (Å²) < 4.78 is 65.7. The Morgan fingerprint density at radius 3 is 1.48 bits per heavy atom. The lowest BCUT2D eigenvalue weighted by molar-refractivity contribution is -0.139. The molecule has 1 atom stereocenters. The number of benzene rings is 6. The molecule has 6 N–H and O–H groups in total. The number of carboxylic acids is 1. The van der Waals surface area contributed by atoms with Crippen LogP contribution in [0.4, 0.5) is 17.1 Å². The molecule has 0 bridgehead atoms. The fraction of sp³-hybridized carbons (Fsp3) is 0.0526. The fourth-order valence-electron chi connectivity index (χ4n) is 5.86. The number of amides is 3. The van der Waals surface area contributed by atoms with Gasteiger partial charge in [-0.25, -0.2) is 0 Å². The molecule has 1 unspecified atom stereocenters. The third-order valence-electron chi connectivity index (χ3n) is 8.42. The Morgan fingerprint density at radius 2 is 1.04 bits per heavy atom. The summed E-state index contributed by atoms with van der Waals surface area (Å²) in [4.78, 5) is 52.2. The van der Waals surface area contributed by atoms with Crippen LogP contribution in [0.25, 0.3) is 21.5 Å². The summed E-state index contributed by atoms with van der Waals surface area (Å²) in [6, 6.07) is 29.0. The molecule has 0 spiro atoms. The molecule has 6 rings (SSSR count). The van der Waals surface area contributed by atoms with Gasteiger partial charge in [0.25, 0.3) is 32.1 Å². The molecule has 16 heteroatoms. The van der Waals surface area contributed by atoms with Crippen LogP contribution in [0.3, 0.4) is 0 Å². The summed E-state index contributed by atoms with van der Waals surface area (Å²) in [7, 11) is -9.00. The molecule has 0 saturated heterocycles. The number of carboxylic acid groups (broad SMARTS) is 1. The van der Waals surface area contributed by atoms with Crippen molar-refractivity contribution in [1.29, 1.82) is 0 Å². The summed E-state index contributed by atoms with van der Waals surface area (Å²) in [6.07, 6.45) is -0.551. The second-order valence-electron chi connectivity index (χ2n) is 12.1. The van der Waals surface area contributed by atoms with Crippen molar-refractivity contribution in [2.24, 2.45) is 0 Å². The van der Waals surface area contributed by atoms with Gasteiger partial charge in [-0.15, -0.1) is 0 Å². The first kappa shape index (κ1) is 37.3. The molecule has 54 heavy (non-hydrogen) atoms. The highest BCUT2D eigenvalue weighted by atomic mass is 32.2. The second-order valence-corrected chi connectivity index (χ2v) is 14.9. The van der Waals surface area contributed by atoms with Gasteiger partial charge in [-0.3, -0.25) is 28.3 Å². The van der Waals surface area contributed by atoms with Crippen LogP contribution in [0.15, 0.2) is 131 Å². The molecule has 0 aromatic heterocycles. The van der Waals surface area contributed by atoms with E-state index in [1.54, 1.807) is 66.7 Å². The minimum Gasteiger partial charge on any atom is -0.481 e. The Morgan fingerprint density at radius 1 is 0.556 bits per heavy atom. The van der Waals surface area contributed by atoms with Crippen LogP contribution in [0, 0.1) is 0 Å². The van der Waals surface area contributed by atoms with Crippen LogP contribution in [-0.2, 0) is 29.8 Å². The molecular weight excluding hydrogens is 739 g/mol. The Hall–Kier alpha value is -6.46. The molecule has 3 amide bonds. The quantitative estimate of drug-likeness (QED) is 0.0814. The lowest BCUT2D eigenvalue weighted by Crippen LogP contribution is -2.24. The number of aliphatic carboxylic acids is 1. The number of fused-ring (bicyclic) bond motifs is 2. The number of hydrogen-bond donors (Lipinski definition) is 6. The lowest BCUT2D eigenvalue weighted by atomic mass is 9.94. The van der Waals surface area contributed by atoms with E-state index in [0.29, 0.717) is 27.1 Å². The van der Waals surface area contributed by atoms with Gasteiger partial charge < -0.3 is 21.1 Å². The first-order valence-corrected chi connectivity index (χ1v) is 18.8. The van der Waals surface area contributed by atoms with E-state index in [-0.39, 0.29) is 38.0 Å². The van der Waals surface area contributed by atoms with Crippen molar-refractivity contribution in [2.45, 2.75) is 22.1 Å². The monoisotopic (exact) mass is 767 g/mol. The Kier molecular flexibility index (Phi) is 10.3. The van der Waals surface area contributed by atoms with Crippen molar-refractivity contribution in [3.63, 3.8) is 0 Å². The highest BCUT2D eigenvalue weighted by Crippen LogP contribution is 2.30. The van der Waals surface area contributed by atoms with Crippen molar-refractivity contribution >= 4 is 82.5 Å². The van der Waals surface area contributed by atoms with Gasteiger partial charge >= 0.3 is 5.97 Å². The summed E-state index contributed by atoms with van der Waals surface area (Å²) in [5.74, 6) is -4.56. The Bertz CT molecular complexity index is 2570. The minimum absolute atomic E-state index is 0.0180. The molecule has 14 nitrogen and oxygen atoms in total. The number of carbonyl (C=O) groups is 4. The predicted molar refractivity (Wildman–Crippen MR) is 200 cm³/mol. The second kappa shape index (κ2) is 14.9. The van der Waals surface area contributed by atoms with E-state index in [1.165, 1.54) is 54.6 Å². The summed E-state index contributed by atoms with van der Waals surface area (Å²) in [6.45, 7) is 0. The van der Waals surface area contributed by atoms with Crippen LogP contribution < -0.4 is 16.0 Å². The van der Waals surface area contributed by atoms with E-state index in [1.807, 2.05) is 0 Å². The predicted octanol–water partition coefficient (Wildman–Crippen LogP) is 6.19. The molecule has 0 heterocycles. The van der Waals surface area contributed by atoms with Gasteiger partial charge in [0, 0.05) is 39.0 Å². The average Bonchev–Trinajstić information content (AvgIpc) is 3.13. The maximum atomic E-state index is 13.8. The first-order chi connectivity index (χ1) is 25.6. The van der Waals surface area contributed by atoms with Crippen LogP contribution in [-0.4, -0.2) is 54.7 Å². The largest absolute Gasteiger partial charge is 0.481 e. The van der Waals surface area contributed by atoms with Crippen LogP contribution in [0.1, 0.15) is 38.6 Å². The Labute approximate surface area is 308 Å². The summed E-state index contributed by atoms with van der Waals surface area (Å²) >= 11 is 0.